The summed E-state index contributed by atoms with van der Waals surface area (Å²) >= 11 is 0. The van der Waals surface area contributed by atoms with Gasteiger partial charge in [-0.1, -0.05) is 13.8 Å². The zero-order valence-corrected chi connectivity index (χ0v) is 12.7. The van der Waals surface area contributed by atoms with Gasteiger partial charge >= 0.3 is 5.69 Å². The van der Waals surface area contributed by atoms with Crippen molar-refractivity contribution in [3.8, 4) is 0 Å². The summed E-state index contributed by atoms with van der Waals surface area (Å²) in [4.78, 5) is 32.1. The minimum absolute atomic E-state index is 0.0698. The quantitative estimate of drug-likeness (QED) is 0.879. The number of H-pyrrole nitrogens is 2. The Bertz CT molecular complexity index is 713. The van der Waals surface area contributed by atoms with Gasteiger partial charge in [-0.15, -0.1) is 5.10 Å². The Hall–Kier alpha value is -2.38. The summed E-state index contributed by atoms with van der Waals surface area (Å²) in [6, 6.07) is 0.211. The molecule has 2 aromatic heterocycles. The van der Waals surface area contributed by atoms with Crippen LogP contribution in [0.25, 0.3) is 0 Å². The van der Waals surface area contributed by atoms with Gasteiger partial charge < -0.3 is 9.47 Å². The van der Waals surface area contributed by atoms with Crippen LogP contribution in [0.1, 0.15) is 55.1 Å². The van der Waals surface area contributed by atoms with Gasteiger partial charge in [0.1, 0.15) is 5.82 Å². The Labute approximate surface area is 127 Å². The fourth-order valence-electron chi connectivity index (χ4n) is 2.97. The Morgan fingerprint density at radius 3 is 2.95 bits per heavy atom. The highest BCUT2D eigenvalue weighted by Gasteiger charge is 2.28. The number of nitrogens with one attached hydrogen (secondary N) is 2. The van der Waals surface area contributed by atoms with E-state index in [9.17, 15) is 9.59 Å². The van der Waals surface area contributed by atoms with E-state index in [1.54, 1.807) is 11.1 Å². The molecule has 3 rings (SSSR count). The van der Waals surface area contributed by atoms with Crippen LogP contribution in [-0.2, 0) is 0 Å². The molecule has 1 saturated heterocycles. The molecule has 22 heavy (non-hydrogen) atoms. The summed E-state index contributed by atoms with van der Waals surface area (Å²) in [5.74, 6) is 1.20. The number of piperidine rings is 1. The van der Waals surface area contributed by atoms with Crippen LogP contribution < -0.4 is 5.69 Å². The third kappa shape index (κ3) is 2.68. The van der Waals surface area contributed by atoms with Crippen molar-refractivity contribution in [3.05, 3.63) is 34.5 Å². The topological polar surface area (TPSA) is 99.7 Å². The van der Waals surface area contributed by atoms with Crippen molar-refractivity contribution < 1.29 is 4.79 Å². The summed E-state index contributed by atoms with van der Waals surface area (Å²) in [5, 5.41) is 5.95. The minimum atomic E-state index is -0.464. The lowest BCUT2D eigenvalue weighted by molar-refractivity contribution is 0.0665. The molecule has 1 aliphatic heterocycles. The van der Waals surface area contributed by atoms with E-state index in [-0.39, 0.29) is 17.8 Å². The molecular formula is C14H20N6O2. The largest absolute Gasteiger partial charge is 0.341 e. The van der Waals surface area contributed by atoms with E-state index in [0.717, 1.165) is 18.7 Å². The van der Waals surface area contributed by atoms with E-state index in [0.29, 0.717) is 19.0 Å². The van der Waals surface area contributed by atoms with Crippen molar-refractivity contribution in [1.29, 1.82) is 0 Å². The third-order valence-corrected chi connectivity index (χ3v) is 4.00. The molecule has 1 amide bonds. The number of hydrogen-bond acceptors (Lipinski definition) is 4. The molecule has 2 N–H and O–H groups in total. The normalized spacial score (nSPS) is 18.9. The molecule has 1 atom stereocenters. The highest BCUT2D eigenvalue weighted by molar-refractivity contribution is 5.90. The number of hydrogen-bond donors (Lipinski definition) is 2. The van der Waals surface area contributed by atoms with Crippen molar-refractivity contribution in [1.82, 2.24) is 29.6 Å². The molecule has 1 aliphatic rings. The van der Waals surface area contributed by atoms with Gasteiger partial charge in [-0.3, -0.25) is 9.78 Å². The minimum Gasteiger partial charge on any atom is -0.334 e. The maximum absolute atomic E-state index is 12.4. The first-order valence-electron chi connectivity index (χ1n) is 7.53. The number of likely N-dealkylation sites (tertiary alicyclic amines) is 1. The van der Waals surface area contributed by atoms with Gasteiger partial charge in [0.25, 0.3) is 5.91 Å². The molecule has 8 nitrogen and oxygen atoms in total. The molecular weight excluding hydrogens is 284 g/mol. The molecule has 1 fully saturated rings. The molecule has 1 unspecified atom stereocenters. The number of amides is 1. The molecule has 2 aromatic rings. The van der Waals surface area contributed by atoms with Crippen molar-refractivity contribution in [3.63, 3.8) is 0 Å². The Balaban J connectivity index is 1.78. The van der Waals surface area contributed by atoms with Crippen LogP contribution >= 0.6 is 0 Å². The van der Waals surface area contributed by atoms with Crippen molar-refractivity contribution >= 4 is 5.91 Å². The third-order valence-electron chi connectivity index (χ3n) is 4.00. The lowest BCUT2D eigenvalue weighted by Crippen LogP contribution is -2.41. The summed E-state index contributed by atoms with van der Waals surface area (Å²) in [6.07, 6.45) is 5.71. The average Bonchev–Trinajstić information content (AvgIpc) is 3.15. The lowest BCUT2D eigenvalue weighted by Gasteiger charge is -2.33. The number of nitrogens with zero attached hydrogens (tertiary/aromatic N) is 4. The van der Waals surface area contributed by atoms with Crippen molar-refractivity contribution in [2.24, 2.45) is 0 Å². The average molecular weight is 304 g/mol. The molecule has 0 saturated carbocycles. The first-order chi connectivity index (χ1) is 10.6. The van der Waals surface area contributed by atoms with Gasteiger partial charge in [-0.25, -0.2) is 14.9 Å². The second-order valence-corrected chi connectivity index (χ2v) is 5.92. The van der Waals surface area contributed by atoms with Crippen LogP contribution in [0, 0.1) is 0 Å². The molecule has 118 valence electrons. The number of aromatic nitrogens is 5. The lowest BCUT2D eigenvalue weighted by atomic mass is 10.0. The van der Waals surface area contributed by atoms with Crippen LogP contribution in [0.5, 0.6) is 0 Å². The second-order valence-electron chi connectivity index (χ2n) is 5.92. The molecule has 0 radical (unpaired) electrons. The number of aromatic amines is 2. The zero-order valence-electron chi connectivity index (χ0n) is 12.7. The van der Waals surface area contributed by atoms with Gasteiger partial charge in [0.15, 0.2) is 0 Å². The predicted octanol–water partition coefficient (Wildman–Crippen LogP) is 0.895. The number of carbonyl (C=O) groups excluding carboxylic acids is 1. The van der Waals surface area contributed by atoms with Gasteiger partial charge in [-0.2, -0.15) is 0 Å². The van der Waals surface area contributed by atoms with Crippen molar-refractivity contribution in [2.75, 3.05) is 13.1 Å². The van der Waals surface area contributed by atoms with Crippen LogP contribution in [-0.4, -0.2) is 48.6 Å². The molecule has 8 heteroatoms. The fourth-order valence-corrected chi connectivity index (χ4v) is 2.97. The summed E-state index contributed by atoms with van der Waals surface area (Å²) < 4.78 is 2.16. The van der Waals surface area contributed by atoms with Crippen LogP contribution in [0.15, 0.2) is 17.2 Å². The molecule has 0 aromatic carbocycles. The van der Waals surface area contributed by atoms with Gasteiger partial charge in [0.2, 0.25) is 5.82 Å². The maximum atomic E-state index is 12.4. The zero-order chi connectivity index (χ0) is 15.7. The van der Waals surface area contributed by atoms with E-state index in [2.05, 4.69) is 38.6 Å². The summed E-state index contributed by atoms with van der Waals surface area (Å²) in [5.41, 5.74) is -0.464. The van der Waals surface area contributed by atoms with Crippen LogP contribution in [0.4, 0.5) is 0 Å². The monoisotopic (exact) mass is 304 g/mol. The van der Waals surface area contributed by atoms with E-state index in [4.69, 9.17) is 0 Å². The molecule has 3 heterocycles. The number of rotatable bonds is 3. The summed E-state index contributed by atoms with van der Waals surface area (Å²) in [7, 11) is 0. The Morgan fingerprint density at radius 1 is 1.45 bits per heavy atom. The van der Waals surface area contributed by atoms with Crippen LogP contribution in [0.2, 0.25) is 0 Å². The van der Waals surface area contributed by atoms with Crippen LogP contribution in [0.3, 0.4) is 0 Å². The SMILES string of the molecule is CC(C)c1nccn1C1CCCN(C(=O)c2n[nH]c(=O)[nH]2)C1. The van der Waals surface area contributed by atoms with Gasteiger partial charge in [-0.05, 0) is 12.8 Å². The molecule has 0 bridgehead atoms. The number of imidazole rings is 1. The van der Waals surface area contributed by atoms with E-state index >= 15 is 0 Å². The second kappa shape index (κ2) is 5.78. The Morgan fingerprint density at radius 2 is 2.27 bits per heavy atom. The Kier molecular flexibility index (Phi) is 3.82. The van der Waals surface area contributed by atoms with Gasteiger partial charge in [0.05, 0.1) is 6.04 Å². The van der Waals surface area contributed by atoms with Crippen molar-refractivity contribution in [2.45, 2.75) is 38.6 Å². The van der Waals surface area contributed by atoms with E-state index < -0.39 is 5.69 Å². The van der Waals surface area contributed by atoms with E-state index in [1.807, 2.05) is 6.20 Å². The fraction of sp³-hybridized carbons (Fsp3) is 0.571. The highest BCUT2D eigenvalue weighted by Crippen LogP contribution is 2.25. The standard InChI is InChI=1S/C14H20N6O2/c1-9(2)12-15-5-7-20(12)10-4-3-6-19(8-10)13(21)11-16-14(22)18-17-11/h5,7,9-10H,3-4,6,8H2,1-2H3,(H2,16,17,18,22). The van der Waals surface area contributed by atoms with E-state index in [1.165, 1.54) is 0 Å². The smallest absolute Gasteiger partial charge is 0.334 e. The molecule has 0 spiro atoms. The van der Waals surface area contributed by atoms with Gasteiger partial charge in [0, 0.05) is 31.4 Å². The predicted molar refractivity (Wildman–Crippen MR) is 79.7 cm³/mol. The highest BCUT2D eigenvalue weighted by atomic mass is 16.2. The number of carbonyl (C=O) groups is 1. The maximum Gasteiger partial charge on any atom is 0.341 e. The molecule has 0 aliphatic carbocycles. The first kappa shape index (κ1) is 14.6. The first-order valence-corrected chi connectivity index (χ1v) is 7.53. The summed E-state index contributed by atoms with van der Waals surface area (Å²) in [6.45, 7) is 5.50.